The first-order valence-corrected chi connectivity index (χ1v) is 9.33. The fourth-order valence-corrected chi connectivity index (χ4v) is 3.28. The van der Waals surface area contributed by atoms with Crippen molar-refractivity contribution in [2.75, 3.05) is 39.4 Å². The predicted molar refractivity (Wildman–Crippen MR) is 112 cm³/mol. The van der Waals surface area contributed by atoms with Gasteiger partial charge >= 0.3 is 0 Å². The fourth-order valence-electron chi connectivity index (χ4n) is 3.28. The Morgan fingerprint density at radius 3 is 2.88 bits per heavy atom. The van der Waals surface area contributed by atoms with Gasteiger partial charge < -0.3 is 15.0 Å². The van der Waals surface area contributed by atoms with E-state index in [-0.39, 0.29) is 24.0 Å². The van der Waals surface area contributed by atoms with E-state index in [0.29, 0.717) is 5.92 Å². The molecule has 6 nitrogen and oxygen atoms in total. The summed E-state index contributed by atoms with van der Waals surface area (Å²) in [4.78, 5) is 7.14. The van der Waals surface area contributed by atoms with Crippen molar-refractivity contribution in [2.45, 2.75) is 32.6 Å². The molecule has 1 saturated heterocycles. The Bertz CT molecular complexity index is 543. The van der Waals surface area contributed by atoms with Crippen molar-refractivity contribution < 1.29 is 4.74 Å². The number of guanidine groups is 1. The predicted octanol–water partition coefficient (Wildman–Crippen LogP) is 2.29. The molecule has 1 aliphatic heterocycles. The molecule has 2 fully saturated rings. The Balaban J connectivity index is 0.00000225. The minimum Gasteiger partial charge on any atom is -0.379 e. The molecule has 0 amide bonds. The van der Waals surface area contributed by atoms with Gasteiger partial charge in [0.05, 0.1) is 19.3 Å². The highest BCUT2D eigenvalue weighted by Crippen LogP contribution is 2.28. The van der Waals surface area contributed by atoms with Gasteiger partial charge in [-0.25, -0.2) is 0 Å². The second-order valence-electron chi connectivity index (χ2n) is 7.08. The number of nitrogens with zero attached hydrogens (tertiary/aromatic N) is 4. The third kappa shape index (κ3) is 6.77. The maximum absolute atomic E-state index is 5.69. The van der Waals surface area contributed by atoms with Crippen LogP contribution in [-0.4, -0.2) is 60.0 Å². The summed E-state index contributed by atoms with van der Waals surface area (Å²) in [6.07, 6.45) is 9.13. The molecule has 1 aliphatic carbocycles. The molecule has 1 atom stereocenters. The Labute approximate surface area is 168 Å². The Morgan fingerprint density at radius 1 is 1.36 bits per heavy atom. The van der Waals surface area contributed by atoms with Crippen LogP contribution in [0, 0.1) is 11.8 Å². The van der Waals surface area contributed by atoms with Crippen LogP contribution >= 0.6 is 24.0 Å². The van der Waals surface area contributed by atoms with Gasteiger partial charge in [0.15, 0.2) is 5.96 Å². The Morgan fingerprint density at radius 2 is 2.20 bits per heavy atom. The molecule has 142 valence electrons. The number of nitrogens with one attached hydrogen (secondary N) is 1. The van der Waals surface area contributed by atoms with Crippen LogP contribution in [0.15, 0.2) is 17.4 Å². The highest BCUT2D eigenvalue weighted by molar-refractivity contribution is 14.0. The average Bonchev–Trinajstić information content (AvgIpc) is 3.13. The molecular weight excluding hydrogens is 429 g/mol. The van der Waals surface area contributed by atoms with Gasteiger partial charge in [-0.05, 0) is 50.0 Å². The second-order valence-corrected chi connectivity index (χ2v) is 7.08. The summed E-state index contributed by atoms with van der Waals surface area (Å²) in [5.41, 5.74) is 1.33. The fraction of sp³-hybridized carbons (Fsp3) is 0.778. The maximum Gasteiger partial charge on any atom is 0.194 e. The summed E-state index contributed by atoms with van der Waals surface area (Å²) in [6.45, 7) is 7.59. The van der Waals surface area contributed by atoms with Crippen LogP contribution in [0.4, 0.5) is 0 Å². The maximum atomic E-state index is 5.69. The molecule has 3 rings (SSSR count). The van der Waals surface area contributed by atoms with Crippen LogP contribution < -0.4 is 5.32 Å². The van der Waals surface area contributed by atoms with Crippen LogP contribution in [0.5, 0.6) is 0 Å². The molecule has 1 aromatic heterocycles. The zero-order chi connectivity index (χ0) is 16.8. The van der Waals surface area contributed by atoms with Gasteiger partial charge in [0, 0.05) is 39.5 Å². The van der Waals surface area contributed by atoms with E-state index in [2.05, 4.69) is 28.4 Å². The van der Waals surface area contributed by atoms with E-state index < -0.39 is 0 Å². The number of aliphatic imine (C=N–C) groups is 1. The van der Waals surface area contributed by atoms with Gasteiger partial charge in [0.2, 0.25) is 0 Å². The third-order valence-electron chi connectivity index (χ3n) is 4.75. The number of likely N-dealkylation sites (tertiary alicyclic amines) is 1. The van der Waals surface area contributed by atoms with Crippen LogP contribution in [0.3, 0.4) is 0 Å². The van der Waals surface area contributed by atoms with E-state index in [1.54, 1.807) is 0 Å². The summed E-state index contributed by atoms with van der Waals surface area (Å²) >= 11 is 0. The highest BCUT2D eigenvalue weighted by Gasteiger charge is 2.25. The topological polar surface area (TPSA) is 54.7 Å². The number of hydrogen-bond donors (Lipinski definition) is 1. The monoisotopic (exact) mass is 461 g/mol. The van der Waals surface area contributed by atoms with Crippen LogP contribution in [0.1, 0.15) is 31.7 Å². The van der Waals surface area contributed by atoms with Crippen molar-refractivity contribution in [3.05, 3.63) is 18.0 Å². The van der Waals surface area contributed by atoms with Crippen molar-refractivity contribution in [3.8, 4) is 0 Å². The van der Waals surface area contributed by atoms with Crippen LogP contribution in [0.25, 0.3) is 0 Å². The van der Waals surface area contributed by atoms with E-state index in [9.17, 15) is 0 Å². The number of aromatic nitrogens is 2. The van der Waals surface area contributed by atoms with Gasteiger partial charge in [-0.3, -0.25) is 9.67 Å². The molecule has 0 radical (unpaired) electrons. The first-order chi connectivity index (χ1) is 11.7. The molecule has 0 spiro atoms. The molecule has 2 aliphatic rings. The molecule has 0 bridgehead atoms. The van der Waals surface area contributed by atoms with Crippen molar-refractivity contribution in [3.63, 3.8) is 0 Å². The van der Waals surface area contributed by atoms with Gasteiger partial charge in [-0.1, -0.05) is 0 Å². The summed E-state index contributed by atoms with van der Waals surface area (Å²) in [5.74, 6) is 2.56. The van der Waals surface area contributed by atoms with E-state index in [1.165, 1.54) is 24.8 Å². The number of ether oxygens (including phenoxy) is 1. The zero-order valence-corrected chi connectivity index (χ0v) is 17.8. The minimum atomic E-state index is 0. The van der Waals surface area contributed by atoms with Gasteiger partial charge in [-0.15, -0.1) is 24.0 Å². The first-order valence-electron chi connectivity index (χ1n) is 9.33. The minimum absolute atomic E-state index is 0. The first kappa shape index (κ1) is 20.5. The van der Waals surface area contributed by atoms with E-state index in [0.717, 1.165) is 57.7 Å². The molecular formula is C18H32IN5O. The van der Waals surface area contributed by atoms with Crippen molar-refractivity contribution in [1.82, 2.24) is 20.0 Å². The van der Waals surface area contributed by atoms with Crippen molar-refractivity contribution >= 4 is 29.9 Å². The molecule has 7 heteroatoms. The van der Waals surface area contributed by atoms with Crippen molar-refractivity contribution in [2.24, 2.45) is 23.9 Å². The van der Waals surface area contributed by atoms with Crippen LogP contribution in [0.2, 0.25) is 0 Å². The van der Waals surface area contributed by atoms with Crippen LogP contribution in [-0.2, 0) is 18.2 Å². The Hall–Kier alpha value is -0.830. The van der Waals surface area contributed by atoms with Gasteiger partial charge in [0.1, 0.15) is 0 Å². The largest absolute Gasteiger partial charge is 0.379 e. The smallest absolute Gasteiger partial charge is 0.194 e. The van der Waals surface area contributed by atoms with E-state index in [1.807, 2.05) is 17.9 Å². The Kier molecular flexibility index (Phi) is 8.48. The van der Waals surface area contributed by atoms with Crippen molar-refractivity contribution in [1.29, 1.82) is 0 Å². The number of rotatable bonds is 8. The molecule has 25 heavy (non-hydrogen) atoms. The molecule has 1 N–H and O–H groups in total. The van der Waals surface area contributed by atoms with Gasteiger partial charge in [-0.2, -0.15) is 5.10 Å². The summed E-state index contributed by atoms with van der Waals surface area (Å²) in [7, 11) is 1.98. The molecule has 2 heterocycles. The summed E-state index contributed by atoms with van der Waals surface area (Å²) < 4.78 is 7.57. The average molecular weight is 461 g/mol. The summed E-state index contributed by atoms with van der Waals surface area (Å²) in [6, 6.07) is 0. The molecule has 1 saturated carbocycles. The summed E-state index contributed by atoms with van der Waals surface area (Å²) in [5, 5.41) is 7.70. The molecule has 1 aromatic rings. The number of aryl methyl sites for hydroxylation is 1. The standard InChI is InChI=1S/C18H31N5O.HI/c1-3-19-18(20-7-9-24-14-15-4-5-15)23-8-6-16(13-23)10-17-11-21-22(2)12-17;/h11-12,15-16H,3-10,13-14H2,1-2H3,(H,19,20);1H. The molecule has 0 aromatic carbocycles. The van der Waals surface area contributed by atoms with E-state index in [4.69, 9.17) is 9.73 Å². The van der Waals surface area contributed by atoms with Gasteiger partial charge in [0.25, 0.3) is 0 Å². The lowest BCUT2D eigenvalue weighted by molar-refractivity contribution is 0.131. The SMILES string of the molecule is CCNC(=NCCOCC1CC1)N1CCC(Cc2cnn(C)c2)C1.I. The third-order valence-corrected chi connectivity index (χ3v) is 4.75. The quantitative estimate of drug-likeness (QED) is 0.280. The normalized spacial score (nSPS) is 20.6. The number of halogens is 1. The lowest BCUT2D eigenvalue weighted by Crippen LogP contribution is -2.40. The number of hydrogen-bond acceptors (Lipinski definition) is 3. The van der Waals surface area contributed by atoms with E-state index >= 15 is 0 Å². The lowest BCUT2D eigenvalue weighted by atomic mass is 10.0. The highest BCUT2D eigenvalue weighted by atomic mass is 127. The molecule has 1 unspecified atom stereocenters. The lowest BCUT2D eigenvalue weighted by Gasteiger charge is -2.21. The second kappa shape index (κ2) is 10.4. The zero-order valence-electron chi connectivity index (χ0n) is 15.5.